The Bertz CT molecular complexity index is 900. The van der Waals surface area contributed by atoms with E-state index in [0.29, 0.717) is 13.1 Å². The fourth-order valence-electron chi connectivity index (χ4n) is 2.70. The normalized spacial score (nSPS) is 14.7. The second-order valence-corrected chi connectivity index (χ2v) is 7.07. The molecule has 0 unspecified atom stereocenters. The standard InChI is InChI=1S/C18H16FN3OS/c1-11-2-5-14(6-3-11)20-17(23)12-9-22(10-12)18-21-15-7-4-13(19)8-16(15)24-18/h2-8,12H,9-10H2,1H3,(H,20,23). The van der Waals surface area contributed by atoms with Crippen LogP contribution >= 0.6 is 11.3 Å². The van der Waals surface area contributed by atoms with Crippen LogP contribution in [0.1, 0.15) is 5.56 Å². The highest BCUT2D eigenvalue weighted by molar-refractivity contribution is 7.22. The summed E-state index contributed by atoms with van der Waals surface area (Å²) < 4.78 is 14.1. The molecule has 6 heteroatoms. The molecule has 122 valence electrons. The number of rotatable bonds is 3. The summed E-state index contributed by atoms with van der Waals surface area (Å²) in [6.45, 7) is 3.29. The fraction of sp³-hybridized carbons (Fsp3) is 0.222. The number of benzene rings is 2. The zero-order valence-electron chi connectivity index (χ0n) is 13.1. The van der Waals surface area contributed by atoms with Crippen molar-refractivity contribution in [3.63, 3.8) is 0 Å². The molecule has 3 aromatic rings. The first-order valence-electron chi connectivity index (χ1n) is 7.77. The summed E-state index contributed by atoms with van der Waals surface area (Å²) in [5.41, 5.74) is 2.78. The van der Waals surface area contributed by atoms with Gasteiger partial charge in [0, 0.05) is 18.8 Å². The average molecular weight is 341 g/mol. The first kappa shape index (κ1) is 15.1. The van der Waals surface area contributed by atoms with Crippen molar-refractivity contribution in [3.05, 3.63) is 53.8 Å². The van der Waals surface area contributed by atoms with E-state index < -0.39 is 0 Å². The molecule has 4 nitrogen and oxygen atoms in total. The molecule has 0 radical (unpaired) electrons. The van der Waals surface area contributed by atoms with Gasteiger partial charge in [0.05, 0.1) is 16.1 Å². The molecular weight excluding hydrogens is 325 g/mol. The Morgan fingerprint density at radius 2 is 2.00 bits per heavy atom. The quantitative estimate of drug-likeness (QED) is 0.788. The molecule has 1 saturated heterocycles. The predicted octanol–water partition coefficient (Wildman–Crippen LogP) is 3.82. The van der Waals surface area contributed by atoms with Crippen molar-refractivity contribution in [1.29, 1.82) is 0 Å². The lowest BCUT2D eigenvalue weighted by atomic mass is 10.00. The van der Waals surface area contributed by atoms with Gasteiger partial charge in [-0.3, -0.25) is 4.79 Å². The number of carbonyl (C=O) groups is 1. The van der Waals surface area contributed by atoms with Gasteiger partial charge in [-0.25, -0.2) is 9.37 Å². The number of carbonyl (C=O) groups excluding carboxylic acids is 1. The number of hydrogen-bond donors (Lipinski definition) is 1. The third-order valence-electron chi connectivity index (χ3n) is 4.18. The van der Waals surface area contributed by atoms with Crippen LogP contribution in [0.4, 0.5) is 15.2 Å². The predicted molar refractivity (Wildman–Crippen MR) is 95.1 cm³/mol. The van der Waals surface area contributed by atoms with E-state index in [1.54, 1.807) is 6.07 Å². The van der Waals surface area contributed by atoms with E-state index in [9.17, 15) is 9.18 Å². The first-order valence-corrected chi connectivity index (χ1v) is 8.59. The molecule has 0 bridgehead atoms. The van der Waals surface area contributed by atoms with Crippen LogP contribution in [0.3, 0.4) is 0 Å². The Labute approximate surface area is 142 Å². The third kappa shape index (κ3) is 2.85. The summed E-state index contributed by atoms with van der Waals surface area (Å²) in [4.78, 5) is 18.8. The highest BCUT2D eigenvalue weighted by Crippen LogP contribution is 2.33. The van der Waals surface area contributed by atoms with Crippen molar-refractivity contribution in [1.82, 2.24) is 4.98 Å². The maximum Gasteiger partial charge on any atom is 0.231 e. The number of thiazole rings is 1. The van der Waals surface area contributed by atoms with E-state index in [4.69, 9.17) is 0 Å². The van der Waals surface area contributed by atoms with Crippen molar-refractivity contribution >= 4 is 38.3 Å². The monoisotopic (exact) mass is 341 g/mol. The van der Waals surface area contributed by atoms with Crippen molar-refractivity contribution < 1.29 is 9.18 Å². The van der Waals surface area contributed by atoms with Crippen LogP contribution in [0.15, 0.2) is 42.5 Å². The summed E-state index contributed by atoms with van der Waals surface area (Å²) in [5.74, 6) is -0.269. The average Bonchev–Trinajstić information content (AvgIpc) is 2.90. The number of aromatic nitrogens is 1. The van der Waals surface area contributed by atoms with Gasteiger partial charge in [-0.1, -0.05) is 29.0 Å². The van der Waals surface area contributed by atoms with Crippen LogP contribution in [0.5, 0.6) is 0 Å². The Kier molecular flexibility index (Phi) is 3.69. The Morgan fingerprint density at radius 1 is 1.25 bits per heavy atom. The Balaban J connectivity index is 1.39. The van der Waals surface area contributed by atoms with E-state index in [1.807, 2.05) is 31.2 Å². The highest BCUT2D eigenvalue weighted by atomic mass is 32.1. The molecule has 0 spiro atoms. The summed E-state index contributed by atoms with van der Waals surface area (Å²) in [6.07, 6.45) is 0. The fourth-order valence-corrected chi connectivity index (χ4v) is 3.71. The number of amides is 1. The molecule has 1 N–H and O–H groups in total. The molecule has 0 saturated carbocycles. The van der Waals surface area contributed by atoms with Gasteiger partial charge in [0.15, 0.2) is 5.13 Å². The summed E-state index contributed by atoms with van der Waals surface area (Å²) >= 11 is 1.46. The van der Waals surface area contributed by atoms with Crippen molar-refractivity contribution in [2.75, 3.05) is 23.3 Å². The SMILES string of the molecule is Cc1ccc(NC(=O)C2CN(c3nc4ccc(F)cc4s3)C2)cc1. The second-order valence-electron chi connectivity index (χ2n) is 6.07. The second kappa shape index (κ2) is 5.87. The van der Waals surface area contributed by atoms with E-state index in [-0.39, 0.29) is 17.6 Å². The first-order chi connectivity index (χ1) is 11.6. The minimum Gasteiger partial charge on any atom is -0.346 e. The van der Waals surface area contributed by atoms with Crippen LogP contribution in [0.25, 0.3) is 10.2 Å². The molecule has 24 heavy (non-hydrogen) atoms. The maximum atomic E-state index is 13.3. The molecule has 0 aliphatic carbocycles. The van der Waals surface area contributed by atoms with Gasteiger partial charge in [0.25, 0.3) is 0 Å². The van der Waals surface area contributed by atoms with Crippen molar-refractivity contribution in [2.24, 2.45) is 5.92 Å². The van der Waals surface area contributed by atoms with E-state index in [0.717, 1.165) is 26.6 Å². The van der Waals surface area contributed by atoms with Crippen LogP contribution in [0, 0.1) is 18.7 Å². The molecule has 0 atom stereocenters. The van der Waals surface area contributed by atoms with E-state index >= 15 is 0 Å². The molecule has 1 aliphatic rings. The molecule has 1 fully saturated rings. The lowest BCUT2D eigenvalue weighted by Gasteiger charge is -2.37. The number of aryl methyl sites for hydroxylation is 1. The zero-order chi connectivity index (χ0) is 16.7. The van der Waals surface area contributed by atoms with Gasteiger partial charge in [0.2, 0.25) is 5.91 Å². The van der Waals surface area contributed by atoms with Gasteiger partial charge in [-0.2, -0.15) is 0 Å². The number of anilines is 2. The van der Waals surface area contributed by atoms with Crippen LogP contribution in [0.2, 0.25) is 0 Å². The van der Waals surface area contributed by atoms with Gasteiger partial charge < -0.3 is 10.2 Å². The zero-order valence-corrected chi connectivity index (χ0v) is 13.9. The largest absolute Gasteiger partial charge is 0.346 e. The van der Waals surface area contributed by atoms with Crippen molar-refractivity contribution in [3.8, 4) is 0 Å². The number of halogens is 1. The minimum absolute atomic E-state index is 0.0299. The number of hydrogen-bond acceptors (Lipinski definition) is 4. The third-order valence-corrected chi connectivity index (χ3v) is 5.26. The van der Waals surface area contributed by atoms with Crippen molar-refractivity contribution in [2.45, 2.75) is 6.92 Å². The minimum atomic E-state index is -0.253. The summed E-state index contributed by atoms with van der Waals surface area (Å²) in [7, 11) is 0. The maximum absolute atomic E-state index is 13.3. The molecular formula is C18H16FN3OS. The summed E-state index contributed by atoms with van der Waals surface area (Å²) in [5, 5.41) is 3.79. The lowest BCUT2D eigenvalue weighted by molar-refractivity contribution is -0.120. The molecule has 1 aromatic heterocycles. The molecule has 4 rings (SSSR count). The van der Waals surface area contributed by atoms with Crippen LogP contribution in [-0.4, -0.2) is 24.0 Å². The highest BCUT2D eigenvalue weighted by Gasteiger charge is 2.34. The van der Waals surface area contributed by atoms with E-state index in [1.165, 1.54) is 23.5 Å². The molecule has 1 amide bonds. The van der Waals surface area contributed by atoms with Gasteiger partial charge >= 0.3 is 0 Å². The number of fused-ring (bicyclic) bond motifs is 1. The Morgan fingerprint density at radius 3 is 2.75 bits per heavy atom. The lowest BCUT2D eigenvalue weighted by Crippen LogP contribution is -2.52. The van der Waals surface area contributed by atoms with Gasteiger partial charge in [-0.05, 0) is 37.3 Å². The topological polar surface area (TPSA) is 45.2 Å². The summed E-state index contributed by atoms with van der Waals surface area (Å²) in [6, 6.07) is 12.4. The molecule has 2 heterocycles. The molecule has 2 aromatic carbocycles. The Hall–Kier alpha value is -2.47. The number of nitrogens with zero attached hydrogens (tertiary/aromatic N) is 2. The van der Waals surface area contributed by atoms with Crippen LogP contribution < -0.4 is 10.2 Å². The number of nitrogens with one attached hydrogen (secondary N) is 1. The molecule has 1 aliphatic heterocycles. The van der Waals surface area contributed by atoms with Gasteiger partial charge in [0.1, 0.15) is 5.82 Å². The van der Waals surface area contributed by atoms with E-state index in [2.05, 4.69) is 15.2 Å². The van der Waals surface area contributed by atoms with Gasteiger partial charge in [-0.15, -0.1) is 0 Å². The van der Waals surface area contributed by atoms with Crippen LogP contribution in [-0.2, 0) is 4.79 Å². The smallest absolute Gasteiger partial charge is 0.231 e.